The molecule has 0 radical (unpaired) electrons. The first kappa shape index (κ1) is 15.9. The lowest BCUT2D eigenvalue weighted by molar-refractivity contribution is -0.0567. The molecule has 1 aromatic carbocycles. The number of aromatic nitrogens is 2. The average molecular weight is 363 g/mol. The lowest BCUT2D eigenvalue weighted by atomic mass is 10.1. The van der Waals surface area contributed by atoms with Crippen molar-refractivity contribution in [1.29, 1.82) is 0 Å². The molecule has 0 unspecified atom stereocenters. The van der Waals surface area contributed by atoms with E-state index >= 15 is 0 Å². The summed E-state index contributed by atoms with van der Waals surface area (Å²) in [5.74, 6) is -0.198. The summed E-state index contributed by atoms with van der Waals surface area (Å²) in [4.78, 5) is 0. The van der Waals surface area contributed by atoms with Crippen molar-refractivity contribution in [3.8, 4) is 17.1 Å². The van der Waals surface area contributed by atoms with Crippen LogP contribution in [-0.4, -0.2) is 16.4 Å². The molecular formula is C14H14BrF3N2O. The Morgan fingerprint density at radius 2 is 1.86 bits per heavy atom. The highest BCUT2D eigenvalue weighted by atomic mass is 79.9. The van der Waals surface area contributed by atoms with E-state index in [9.17, 15) is 13.2 Å². The van der Waals surface area contributed by atoms with Gasteiger partial charge in [-0.25, -0.2) is 9.07 Å². The van der Waals surface area contributed by atoms with Crippen molar-refractivity contribution in [2.75, 3.05) is 0 Å². The topological polar surface area (TPSA) is 27.1 Å². The third kappa shape index (κ3) is 3.78. The summed E-state index contributed by atoms with van der Waals surface area (Å²) in [6.45, 7) is 1.38. The van der Waals surface area contributed by atoms with Crippen molar-refractivity contribution in [3.63, 3.8) is 0 Å². The van der Waals surface area contributed by atoms with Crippen molar-refractivity contribution in [1.82, 2.24) is 9.78 Å². The number of hydrogen-bond acceptors (Lipinski definition) is 2. The molecule has 2 aromatic rings. The molecule has 1 aromatic heterocycles. The molecule has 0 saturated heterocycles. The van der Waals surface area contributed by atoms with Gasteiger partial charge in [-0.3, -0.25) is 0 Å². The Kier molecular flexibility index (Phi) is 4.92. The maximum absolute atomic E-state index is 13.0. The first-order valence-electron chi connectivity index (χ1n) is 6.35. The fraction of sp³-hybridized carbons (Fsp3) is 0.357. The number of hydrogen-bond donors (Lipinski definition) is 0. The zero-order valence-electron chi connectivity index (χ0n) is 11.5. The van der Waals surface area contributed by atoms with Crippen LogP contribution in [0.5, 0.6) is 5.88 Å². The van der Waals surface area contributed by atoms with Crippen LogP contribution in [0.15, 0.2) is 28.7 Å². The van der Waals surface area contributed by atoms with Crippen LogP contribution >= 0.6 is 15.9 Å². The predicted molar refractivity (Wildman–Crippen MR) is 76.8 cm³/mol. The van der Waals surface area contributed by atoms with Crippen molar-refractivity contribution in [2.45, 2.75) is 27.0 Å². The highest BCUT2D eigenvalue weighted by molar-refractivity contribution is 9.10. The normalized spacial score (nSPS) is 11.4. The number of alkyl halides is 2. The average Bonchev–Trinajstić information content (AvgIpc) is 2.67. The molecule has 3 nitrogen and oxygen atoms in total. The van der Waals surface area contributed by atoms with Crippen molar-refractivity contribution in [2.24, 2.45) is 5.92 Å². The molecule has 0 saturated carbocycles. The summed E-state index contributed by atoms with van der Waals surface area (Å²) in [5, 5.41) is 4.29. The van der Waals surface area contributed by atoms with E-state index in [0.717, 1.165) is 0 Å². The molecule has 0 aliphatic carbocycles. The van der Waals surface area contributed by atoms with E-state index in [0.29, 0.717) is 22.3 Å². The zero-order valence-corrected chi connectivity index (χ0v) is 13.1. The van der Waals surface area contributed by atoms with Gasteiger partial charge < -0.3 is 4.74 Å². The van der Waals surface area contributed by atoms with E-state index in [4.69, 9.17) is 0 Å². The smallest absolute Gasteiger partial charge is 0.388 e. The second-order valence-corrected chi connectivity index (χ2v) is 5.72. The monoisotopic (exact) mass is 362 g/mol. The second-order valence-electron chi connectivity index (χ2n) is 4.93. The molecule has 21 heavy (non-hydrogen) atoms. The fourth-order valence-corrected chi connectivity index (χ4v) is 2.49. The highest BCUT2D eigenvalue weighted by Crippen LogP contribution is 2.36. The molecule has 7 heteroatoms. The summed E-state index contributed by atoms with van der Waals surface area (Å²) in [6, 6.07) is 5.65. The van der Waals surface area contributed by atoms with Crippen molar-refractivity contribution < 1.29 is 17.9 Å². The van der Waals surface area contributed by atoms with Crippen LogP contribution in [0.25, 0.3) is 11.3 Å². The number of halogens is 4. The van der Waals surface area contributed by atoms with Crippen molar-refractivity contribution >= 4 is 15.9 Å². The SMILES string of the molecule is CC(C)Cn1nc(-c2ccc(F)cc2)c(Br)c1OC(F)F. The van der Waals surface area contributed by atoms with Crippen LogP contribution < -0.4 is 4.74 Å². The van der Waals surface area contributed by atoms with Gasteiger partial charge in [0.25, 0.3) is 0 Å². The fourth-order valence-electron chi connectivity index (χ4n) is 1.88. The number of benzene rings is 1. The van der Waals surface area contributed by atoms with E-state index in [1.807, 2.05) is 13.8 Å². The van der Waals surface area contributed by atoms with Crippen LogP contribution in [-0.2, 0) is 6.54 Å². The Morgan fingerprint density at radius 3 is 2.38 bits per heavy atom. The van der Waals surface area contributed by atoms with Crippen molar-refractivity contribution in [3.05, 3.63) is 34.6 Å². The minimum atomic E-state index is -2.94. The lowest BCUT2D eigenvalue weighted by Gasteiger charge is -2.10. The van der Waals surface area contributed by atoms with Gasteiger partial charge in [0.1, 0.15) is 16.0 Å². The maximum Gasteiger partial charge on any atom is 0.388 e. The number of nitrogens with zero attached hydrogens (tertiary/aromatic N) is 2. The maximum atomic E-state index is 13.0. The van der Waals surface area contributed by atoms with Crippen LogP contribution in [0.3, 0.4) is 0 Å². The van der Waals surface area contributed by atoms with E-state index < -0.39 is 6.61 Å². The first-order valence-corrected chi connectivity index (χ1v) is 7.14. The van der Waals surface area contributed by atoms with E-state index in [-0.39, 0.29) is 17.6 Å². The number of rotatable bonds is 5. The molecule has 0 amide bonds. The molecule has 0 bridgehead atoms. The summed E-state index contributed by atoms with van der Waals surface area (Å²) in [7, 11) is 0. The van der Waals surface area contributed by atoms with Gasteiger partial charge in [0, 0.05) is 12.1 Å². The molecule has 1 heterocycles. The second kappa shape index (κ2) is 6.51. The largest absolute Gasteiger partial charge is 0.416 e. The lowest BCUT2D eigenvalue weighted by Crippen LogP contribution is -2.12. The molecule has 114 valence electrons. The van der Waals surface area contributed by atoms with Crippen LogP contribution in [0.4, 0.5) is 13.2 Å². The van der Waals surface area contributed by atoms with Gasteiger partial charge in [-0.05, 0) is 46.1 Å². The first-order chi connectivity index (χ1) is 9.88. The van der Waals surface area contributed by atoms with Crippen LogP contribution in [0.1, 0.15) is 13.8 Å². The minimum Gasteiger partial charge on any atom is -0.416 e. The Morgan fingerprint density at radius 1 is 1.24 bits per heavy atom. The Bertz CT molecular complexity index is 611. The molecule has 0 atom stereocenters. The highest BCUT2D eigenvalue weighted by Gasteiger charge is 2.21. The third-order valence-electron chi connectivity index (χ3n) is 2.71. The summed E-state index contributed by atoms with van der Waals surface area (Å²) >= 11 is 3.24. The summed E-state index contributed by atoms with van der Waals surface area (Å²) < 4.78 is 44.3. The van der Waals surface area contributed by atoms with Crippen LogP contribution in [0.2, 0.25) is 0 Å². The van der Waals surface area contributed by atoms with Gasteiger partial charge in [0.2, 0.25) is 5.88 Å². The van der Waals surface area contributed by atoms with Gasteiger partial charge in [-0.15, -0.1) is 0 Å². The molecule has 0 aliphatic rings. The molecule has 2 rings (SSSR count). The van der Waals surface area contributed by atoms with E-state index in [1.165, 1.54) is 28.9 Å². The van der Waals surface area contributed by atoms with E-state index in [2.05, 4.69) is 25.8 Å². The quantitative estimate of drug-likeness (QED) is 0.770. The van der Waals surface area contributed by atoms with Gasteiger partial charge in [-0.1, -0.05) is 13.8 Å². The third-order valence-corrected chi connectivity index (χ3v) is 3.42. The Balaban J connectivity index is 2.46. The molecule has 0 fully saturated rings. The predicted octanol–water partition coefficient (Wildman–Crippen LogP) is 4.71. The van der Waals surface area contributed by atoms with Gasteiger partial charge in [0.05, 0.1) is 0 Å². The van der Waals surface area contributed by atoms with Crippen LogP contribution in [0, 0.1) is 11.7 Å². The molecule has 0 spiro atoms. The zero-order chi connectivity index (χ0) is 15.6. The summed E-state index contributed by atoms with van der Waals surface area (Å²) in [5.41, 5.74) is 1.05. The van der Waals surface area contributed by atoms with Gasteiger partial charge in [0.15, 0.2) is 0 Å². The Labute approximate surface area is 128 Å². The van der Waals surface area contributed by atoms with E-state index in [1.54, 1.807) is 0 Å². The molecule has 0 N–H and O–H groups in total. The molecular weight excluding hydrogens is 349 g/mol. The van der Waals surface area contributed by atoms with Gasteiger partial charge >= 0.3 is 6.61 Å². The molecule has 0 aliphatic heterocycles. The standard InChI is InChI=1S/C14H14BrF3N2O/c1-8(2)7-20-13(21-14(17)18)11(15)12(19-20)9-3-5-10(16)6-4-9/h3-6,8,14H,7H2,1-2H3. The van der Waals surface area contributed by atoms with Gasteiger partial charge in [-0.2, -0.15) is 13.9 Å². The number of ether oxygens (including phenoxy) is 1. The summed E-state index contributed by atoms with van der Waals surface area (Å²) in [6.07, 6.45) is 0. The minimum absolute atomic E-state index is 0.0296. The Hall–Kier alpha value is -1.50.